The lowest BCUT2D eigenvalue weighted by Crippen LogP contribution is -2.50. The average Bonchev–Trinajstić information content (AvgIpc) is 2.03. The maximum absolute atomic E-state index is 11.9. The summed E-state index contributed by atoms with van der Waals surface area (Å²) in [6.07, 6.45) is 0.689. The first-order chi connectivity index (χ1) is 5.74. The van der Waals surface area contributed by atoms with Gasteiger partial charge in [0.25, 0.3) is 0 Å². The molecule has 0 amide bonds. The maximum Gasteiger partial charge on any atom is 0.0906 e. The molecular weight excluding hydrogens is 155 g/mol. The minimum atomic E-state index is -0.181. The molecule has 1 saturated heterocycles. The van der Waals surface area contributed by atoms with Gasteiger partial charge in [0.05, 0.1) is 6.67 Å². The van der Waals surface area contributed by atoms with Gasteiger partial charge in [-0.3, -0.25) is 9.29 Å². The topological polar surface area (TPSA) is 6.48 Å². The molecule has 1 aliphatic heterocycles. The van der Waals surface area contributed by atoms with E-state index in [1.165, 1.54) is 0 Å². The monoisotopic (exact) mass is 174 g/mol. The summed E-state index contributed by atoms with van der Waals surface area (Å²) in [6, 6.07) is 0.593. The number of alkyl halides is 1. The predicted molar refractivity (Wildman–Crippen MR) is 49.1 cm³/mol. The minimum Gasteiger partial charge on any atom is -0.304 e. The fraction of sp³-hybridized carbons (Fsp3) is 1.00. The van der Waals surface area contributed by atoms with Crippen LogP contribution in [0.4, 0.5) is 4.39 Å². The smallest absolute Gasteiger partial charge is 0.0906 e. The molecule has 0 aromatic heterocycles. The van der Waals surface area contributed by atoms with E-state index in [1.807, 2.05) is 0 Å². The average molecular weight is 174 g/mol. The SMILES string of the molecule is CC1CN(C)CCN1CCCF. The Bertz CT molecular complexity index is 128. The zero-order valence-electron chi connectivity index (χ0n) is 8.09. The van der Waals surface area contributed by atoms with Gasteiger partial charge in [0.15, 0.2) is 0 Å². The molecule has 0 bridgehead atoms. The lowest BCUT2D eigenvalue weighted by Gasteiger charge is -2.38. The van der Waals surface area contributed by atoms with Crippen LogP contribution in [-0.2, 0) is 0 Å². The van der Waals surface area contributed by atoms with Gasteiger partial charge in [0, 0.05) is 32.2 Å². The number of nitrogens with zero attached hydrogens (tertiary/aromatic N) is 2. The molecule has 0 aliphatic carbocycles. The van der Waals surface area contributed by atoms with Crippen LogP contribution in [0.5, 0.6) is 0 Å². The summed E-state index contributed by atoms with van der Waals surface area (Å²) in [7, 11) is 2.14. The first-order valence-electron chi connectivity index (χ1n) is 4.72. The number of hydrogen-bond acceptors (Lipinski definition) is 2. The van der Waals surface area contributed by atoms with E-state index in [4.69, 9.17) is 0 Å². The van der Waals surface area contributed by atoms with Crippen molar-refractivity contribution < 1.29 is 4.39 Å². The molecule has 72 valence electrons. The summed E-state index contributed by atoms with van der Waals surface area (Å²) in [5.74, 6) is 0. The molecule has 0 aromatic rings. The highest BCUT2D eigenvalue weighted by Gasteiger charge is 2.20. The third-order valence-corrected chi connectivity index (χ3v) is 2.55. The third-order valence-electron chi connectivity index (χ3n) is 2.55. The molecule has 3 heteroatoms. The zero-order chi connectivity index (χ0) is 8.97. The van der Waals surface area contributed by atoms with Gasteiger partial charge in [0.1, 0.15) is 0 Å². The molecular formula is C9H19FN2. The normalized spacial score (nSPS) is 27.8. The van der Waals surface area contributed by atoms with Crippen molar-refractivity contribution in [3.05, 3.63) is 0 Å². The van der Waals surface area contributed by atoms with Crippen molar-refractivity contribution in [3.63, 3.8) is 0 Å². The van der Waals surface area contributed by atoms with Gasteiger partial charge in [-0.25, -0.2) is 0 Å². The summed E-state index contributed by atoms with van der Waals surface area (Å²) in [5, 5.41) is 0. The molecule has 1 atom stereocenters. The number of likely N-dealkylation sites (N-methyl/N-ethyl adjacent to an activating group) is 1. The Hall–Kier alpha value is -0.150. The summed E-state index contributed by atoms with van der Waals surface area (Å²) < 4.78 is 11.9. The van der Waals surface area contributed by atoms with E-state index in [1.54, 1.807) is 0 Å². The number of halogens is 1. The predicted octanol–water partition coefficient (Wildman–Crippen LogP) is 0.982. The number of rotatable bonds is 3. The molecule has 1 unspecified atom stereocenters. The van der Waals surface area contributed by atoms with Crippen molar-refractivity contribution in [1.29, 1.82) is 0 Å². The summed E-state index contributed by atoms with van der Waals surface area (Å²) >= 11 is 0. The molecule has 1 rings (SSSR count). The molecule has 0 N–H and O–H groups in total. The van der Waals surface area contributed by atoms with Crippen molar-refractivity contribution in [2.75, 3.05) is 39.9 Å². The zero-order valence-corrected chi connectivity index (χ0v) is 8.09. The van der Waals surface area contributed by atoms with E-state index in [2.05, 4.69) is 23.8 Å². The Morgan fingerprint density at radius 1 is 1.42 bits per heavy atom. The van der Waals surface area contributed by atoms with Gasteiger partial charge < -0.3 is 4.90 Å². The fourth-order valence-electron chi connectivity index (χ4n) is 1.77. The van der Waals surface area contributed by atoms with E-state index in [0.29, 0.717) is 12.5 Å². The Balaban J connectivity index is 2.25. The molecule has 1 fully saturated rings. The number of hydrogen-bond donors (Lipinski definition) is 0. The highest BCUT2D eigenvalue weighted by molar-refractivity contribution is 4.76. The molecule has 0 spiro atoms. The lowest BCUT2D eigenvalue weighted by atomic mass is 10.2. The summed E-state index contributed by atoms with van der Waals surface area (Å²) in [6.45, 7) is 6.29. The summed E-state index contributed by atoms with van der Waals surface area (Å²) in [5.41, 5.74) is 0. The Morgan fingerprint density at radius 3 is 2.75 bits per heavy atom. The second kappa shape index (κ2) is 4.77. The highest BCUT2D eigenvalue weighted by Crippen LogP contribution is 2.07. The third kappa shape index (κ3) is 2.72. The minimum absolute atomic E-state index is 0.181. The highest BCUT2D eigenvalue weighted by atomic mass is 19.1. The maximum atomic E-state index is 11.9. The Labute approximate surface area is 74.3 Å². The molecule has 2 nitrogen and oxygen atoms in total. The van der Waals surface area contributed by atoms with E-state index in [9.17, 15) is 4.39 Å². The van der Waals surface area contributed by atoms with Gasteiger partial charge in [-0.2, -0.15) is 0 Å². The van der Waals surface area contributed by atoms with Crippen molar-refractivity contribution in [2.45, 2.75) is 19.4 Å². The molecule has 1 heterocycles. The second-order valence-electron chi connectivity index (χ2n) is 3.69. The van der Waals surface area contributed by atoms with Crippen molar-refractivity contribution in [1.82, 2.24) is 9.80 Å². The van der Waals surface area contributed by atoms with Gasteiger partial charge >= 0.3 is 0 Å². The summed E-state index contributed by atoms with van der Waals surface area (Å²) in [4.78, 5) is 4.70. The molecule has 0 radical (unpaired) electrons. The van der Waals surface area contributed by atoms with E-state index in [-0.39, 0.29) is 6.67 Å². The van der Waals surface area contributed by atoms with Crippen molar-refractivity contribution in [3.8, 4) is 0 Å². The van der Waals surface area contributed by atoms with Crippen LogP contribution in [0.25, 0.3) is 0 Å². The van der Waals surface area contributed by atoms with Crippen LogP contribution in [0.1, 0.15) is 13.3 Å². The molecule has 1 aliphatic rings. The Morgan fingerprint density at radius 2 is 2.17 bits per heavy atom. The van der Waals surface area contributed by atoms with Crippen LogP contribution in [-0.4, -0.2) is 55.7 Å². The van der Waals surface area contributed by atoms with Crippen molar-refractivity contribution >= 4 is 0 Å². The van der Waals surface area contributed by atoms with Crippen LogP contribution in [0.15, 0.2) is 0 Å². The standard InChI is InChI=1S/C9H19FN2/c1-9-8-11(2)6-7-12(9)5-3-4-10/h9H,3-8H2,1-2H3. The number of piperazine rings is 1. The van der Waals surface area contributed by atoms with E-state index >= 15 is 0 Å². The van der Waals surface area contributed by atoms with Crippen LogP contribution in [0, 0.1) is 0 Å². The Kier molecular flexibility index (Phi) is 3.95. The molecule has 0 saturated carbocycles. The first kappa shape index (κ1) is 9.93. The van der Waals surface area contributed by atoms with E-state index < -0.39 is 0 Å². The fourth-order valence-corrected chi connectivity index (χ4v) is 1.77. The van der Waals surface area contributed by atoms with E-state index in [0.717, 1.165) is 26.2 Å². The van der Waals surface area contributed by atoms with Crippen LogP contribution in [0.2, 0.25) is 0 Å². The van der Waals surface area contributed by atoms with Crippen molar-refractivity contribution in [2.24, 2.45) is 0 Å². The lowest BCUT2D eigenvalue weighted by molar-refractivity contribution is 0.0972. The van der Waals surface area contributed by atoms with Gasteiger partial charge in [-0.05, 0) is 20.4 Å². The molecule has 12 heavy (non-hydrogen) atoms. The second-order valence-corrected chi connectivity index (χ2v) is 3.69. The first-order valence-corrected chi connectivity index (χ1v) is 4.72. The molecule has 0 aromatic carbocycles. The van der Waals surface area contributed by atoms with Crippen LogP contribution < -0.4 is 0 Å². The van der Waals surface area contributed by atoms with Crippen LogP contribution in [0.3, 0.4) is 0 Å². The van der Waals surface area contributed by atoms with Gasteiger partial charge in [0.2, 0.25) is 0 Å². The van der Waals surface area contributed by atoms with Crippen LogP contribution >= 0.6 is 0 Å². The van der Waals surface area contributed by atoms with Gasteiger partial charge in [-0.1, -0.05) is 0 Å². The van der Waals surface area contributed by atoms with Gasteiger partial charge in [-0.15, -0.1) is 0 Å². The quantitative estimate of drug-likeness (QED) is 0.629. The largest absolute Gasteiger partial charge is 0.304 e.